The zero-order valence-corrected chi connectivity index (χ0v) is 11.2. The SMILES string of the molecule is O=C(c1cc(Cl)ccc1F)c1ccc(Cl)cc1Cl. The van der Waals surface area contributed by atoms with E-state index >= 15 is 0 Å². The van der Waals surface area contributed by atoms with E-state index in [0.29, 0.717) is 5.02 Å². The number of hydrogen-bond acceptors (Lipinski definition) is 1. The van der Waals surface area contributed by atoms with Crippen molar-refractivity contribution >= 4 is 40.6 Å². The van der Waals surface area contributed by atoms with Gasteiger partial charge in [0.1, 0.15) is 5.82 Å². The summed E-state index contributed by atoms with van der Waals surface area (Å²) in [5.41, 5.74) is 0.0638. The highest BCUT2D eigenvalue weighted by molar-refractivity contribution is 6.37. The van der Waals surface area contributed by atoms with Gasteiger partial charge in [-0.05, 0) is 36.4 Å². The molecule has 0 aliphatic rings. The molecule has 0 amide bonds. The molecular formula is C13H6Cl3FO. The second-order valence-corrected chi connectivity index (χ2v) is 4.86. The first kappa shape index (κ1) is 13.3. The molecular weight excluding hydrogens is 297 g/mol. The molecule has 0 aliphatic carbocycles. The number of rotatable bonds is 2. The predicted octanol–water partition coefficient (Wildman–Crippen LogP) is 5.02. The molecule has 2 rings (SSSR count). The minimum Gasteiger partial charge on any atom is -0.288 e. The average molecular weight is 304 g/mol. The van der Waals surface area contributed by atoms with Crippen LogP contribution >= 0.6 is 34.8 Å². The van der Waals surface area contributed by atoms with Crippen molar-refractivity contribution in [3.05, 3.63) is 68.4 Å². The van der Waals surface area contributed by atoms with Crippen molar-refractivity contribution in [2.45, 2.75) is 0 Å². The van der Waals surface area contributed by atoms with Crippen LogP contribution in [0.15, 0.2) is 36.4 Å². The van der Waals surface area contributed by atoms with E-state index in [1.165, 1.54) is 30.3 Å². The highest BCUT2D eigenvalue weighted by Crippen LogP contribution is 2.25. The van der Waals surface area contributed by atoms with Crippen LogP contribution in [0.4, 0.5) is 4.39 Å². The zero-order valence-electron chi connectivity index (χ0n) is 8.88. The summed E-state index contributed by atoms with van der Waals surface area (Å²) in [5, 5.41) is 0.861. The van der Waals surface area contributed by atoms with Crippen molar-refractivity contribution in [2.75, 3.05) is 0 Å². The molecule has 0 fully saturated rings. The standard InChI is InChI=1S/C13H6Cl3FO/c14-7-2-4-12(17)10(5-7)13(18)9-3-1-8(15)6-11(9)16/h1-6H. The van der Waals surface area contributed by atoms with Gasteiger partial charge in [-0.15, -0.1) is 0 Å². The largest absolute Gasteiger partial charge is 0.288 e. The quantitative estimate of drug-likeness (QED) is 0.712. The van der Waals surface area contributed by atoms with Gasteiger partial charge >= 0.3 is 0 Å². The average Bonchev–Trinajstić information content (AvgIpc) is 2.31. The van der Waals surface area contributed by atoms with Gasteiger partial charge in [-0.1, -0.05) is 34.8 Å². The molecule has 5 heteroatoms. The van der Waals surface area contributed by atoms with Crippen LogP contribution in [0.5, 0.6) is 0 Å². The molecule has 0 bridgehead atoms. The summed E-state index contributed by atoms with van der Waals surface area (Å²) in [4.78, 5) is 12.1. The molecule has 2 aromatic carbocycles. The lowest BCUT2D eigenvalue weighted by atomic mass is 10.0. The summed E-state index contributed by atoms with van der Waals surface area (Å²) in [6.45, 7) is 0. The molecule has 0 heterocycles. The molecule has 0 aliphatic heterocycles. The lowest BCUT2D eigenvalue weighted by Gasteiger charge is -2.05. The van der Waals surface area contributed by atoms with Crippen molar-refractivity contribution in [1.82, 2.24) is 0 Å². The van der Waals surface area contributed by atoms with Gasteiger partial charge in [-0.2, -0.15) is 0 Å². The number of benzene rings is 2. The van der Waals surface area contributed by atoms with Crippen LogP contribution in [-0.2, 0) is 0 Å². The van der Waals surface area contributed by atoms with Crippen molar-refractivity contribution < 1.29 is 9.18 Å². The first-order chi connectivity index (χ1) is 8.49. The van der Waals surface area contributed by atoms with E-state index in [0.717, 1.165) is 6.07 Å². The molecule has 0 aromatic heterocycles. The first-order valence-electron chi connectivity index (χ1n) is 4.94. The maximum Gasteiger partial charge on any atom is 0.197 e. The number of halogens is 4. The summed E-state index contributed by atoms with van der Waals surface area (Å²) in [6.07, 6.45) is 0. The van der Waals surface area contributed by atoms with E-state index in [4.69, 9.17) is 34.8 Å². The van der Waals surface area contributed by atoms with Crippen molar-refractivity contribution in [2.24, 2.45) is 0 Å². The van der Waals surface area contributed by atoms with Crippen LogP contribution in [0.3, 0.4) is 0 Å². The second kappa shape index (κ2) is 5.27. The fraction of sp³-hybridized carbons (Fsp3) is 0. The van der Waals surface area contributed by atoms with Crippen LogP contribution < -0.4 is 0 Å². The van der Waals surface area contributed by atoms with Crippen LogP contribution in [0.2, 0.25) is 15.1 Å². The van der Waals surface area contributed by atoms with E-state index in [1.54, 1.807) is 0 Å². The molecule has 0 radical (unpaired) electrons. The Morgan fingerprint density at radius 2 is 1.50 bits per heavy atom. The predicted molar refractivity (Wildman–Crippen MR) is 71.3 cm³/mol. The van der Waals surface area contributed by atoms with E-state index in [2.05, 4.69) is 0 Å². The number of hydrogen-bond donors (Lipinski definition) is 0. The molecule has 1 nitrogen and oxygen atoms in total. The maximum absolute atomic E-state index is 13.6. The molecule has 18 heavy (non-hydrogen) atoms. The van der Waals surface area contributed by atoms with Gasteiger partial charge in [0.05, 0.1) is 10.6 Å². The Hall–Kier alpha value is -1.09. The zero-order chi connectivity index (χ0) is 13.3. The van der Waals surface area contributed by atoms with Gasteiger partial charge in [0.25, 0.3) is 0 Å². The minimum atomic E-state index is -0.643. The second-order valence-electron chi connectivity index (χ2n) is 3.58. The summed E-state index contributed by atoms with van der Waals surface area (Å²) in [6, 6.07) is 8.18. The molecule has 0 saturated carbocycles. The van der Waals surface area contributed by atoms with Crippen molar-refractivity contribution in [1.29, 1.82) is 0 Å². The van der Waals surface area contributed by atoms with Gasteiger partial charge < -0.3 is 0 Å². The Morgan fingerprint density at radius 1 is 0.889 bits per heavy atom. The molecule has 0 N–H and O–H groups in total. The van der Waals surface area contributed by atoms with Gasteiger partial charge in [0.15, 0.2) is 5.78 Å². The molecule has 92 valence electrons. The maximum atomic E-state index is 13.6. The number of carbonyl (C=O) groups excluding carboxylic acids is 1. The summed E-state index contributed by atoms with van der Waals surface area (Å²) in [7, 11) is 0. The van der Waals surface area contributed by atoms with Gasteiger partial charge in [0, 0.05) is 15.6 Å². The van der Waals surface area contributed by atoms with Gasteiger partial charge in [0.2, 0.25) is 0 Å². The molecule has 2 aromatic rings. The monoisotopic (exact) mass is 302 g/mol. The third-order valence-corrected chi connectivity index (χ3v) is 3.13. The highest BCUT2D eigenvalue weighted by atomic mass is 35.5. The Kier molecular flexibility index (Phi) is 3.91. The van der Waals surface area contributed by atoms with E-state index in [9.17, 15) is 9.18 Å². The van der Waals surface area contributed by atoms with E-state index in [1.807, 2.05) is 0 Å². The molecule has 0 unspecified atom stereocenters. The summed E-state index contributed by atoms with van der Waals surface area (Å²) < 4.78 is 13.6. The normalized spacial score (nSPS) is 10.4. The van der Waals surface area contributed by atoms with Crippen LogP contribution in [0.25, 0.3) is 0 Å². The summed E-state index contributed by atoms with van der Waals surface area (Å²) >= 11 is 17.4. The Morgan fingerprint density at radius 3 is 2.17 bits per heavy atom. The van der Waals surface area contributed by atoms with E-state index in [-0.39, 0.29) is 21.2 Å². The highest BCUT2D eigenvalue weighted by Gasteiger charge is 2.17. The number of carbonyl (C=O) groups is 1. The van der Waals surface area contributed by atoms with Crippen LogP contribution in [0.1, 0.15) is 15.9 Å². The topological polar surface area (TPSA) is 17.1 Å². The lowest BCUT2D eigenvalue weighted by molar-refractivity contribution is 0.103. The van der Waals surface area contributed by atoms with Crippen LogP contribution in [0, 0.1) is 5.82 Å². The third kappa shape index (κ3) is 2.66. The molecule has 0 atom stereocenters. The minimum absolute atomic E-state index is 0.119. The Labute approximate surface area is 118 Å². The fourth-order valence-electron chi connectivity index (χ4n) is 1.49. The Balaban J connectivity index is 2.51. The third-order valence-electron chi connectivity index (χ3n) is 2.35. The number of ketones is 1. The van der Waals surface area contributed by atoms with Crippen molar-refractivity contribution in [3.63, 3.8) is 0 Å². The van der Waals surface area contributed by atoms with Crippen molar-refractivity contribution in [3.8, 4) is 0 Å². The first-order valence-corrected chi connectivity index (χ1v) is 6.07. The molecule has 0 saturated heterocycles. The van der Waals surface area contributed by atoms with Gasteiger partial charge in [-0.25, -0.2) is 4.39 Å². The smallest absolute Gasteiger partial charge is 0.197 e. The molecule has 0 spiro atoms. The Bertz CT molecular complexity index is 626. The van der Waals surface area contributed by atoms with Gasteiger partial charge in [-0.3, -0.25) is 4.79 Å². The van der Waals surface area contributed by atoms with E-state index < -0.39 is 11.6 Å². The fourth-order valence-corrected chi connectivity index (χ4v) is 2.16. The lowest BCUT2D eigenvalue weighted by Crippen LogP contribution is -2.05. The van der Waals surface area contributed by atoms with Crippen LogP contribution in [-0.4, -0.2) is 5.78 Å². The summed E-state index contributed by atoms with van der Waals surface area (Å²) in [5.74, 6) is -1.17.